The van der Waals surface area contributed by atoms with Gasteiger partial charge in [-0.05, 0) is 52.0 Å². The summed E-state index contributed by atoms with van der Waals surface area (Å²) in [5.74, 6) is 0. The van der Waals surface area contributed by atoms with Crippen LogP contribution in [0.1, 0.15) is 43.7 Å². The van der Waals surface area contributed by atoms with Crippen molar-refractivity contribution in [2.75, 3.05) is 26.7 Å². The fraction of sp³-hybridized carbons (Fsp3) is 0.647. The molecule has 1 N–H and O–H groups in total. The van der Waals surface area contributed by atoms with Gasteiger partial charge in [0.1, 0.15) is 0 Å². The molecule has 0 aliphatic rings. The van der Waals surface area contributed by atoms with Gasteiger partial charge in [0, 0.05) is 6.54 Å². The lowest BCUT2D eigenvalue weighted by molar-refractivity contribution is 0.316. The first kappa shape index (κ1) is 16.2. The number of unbranched alkanes of at least 4 members (excludes halogenated alkanes) is 3. The van der Waals surface area contributed by atoms with Gasteiger partial charge >= 0.3 is 0 Å². The maximum Gasteiger partial charge on any atom is 0.0230 e. The van der Waals surface area contributed by atoms with Gasteiger partial charge in [-0.3, -0.25) is 0 Å². The molecule has 0 aliphatic heterocycles. The smallest absolute Gasteiger partial charge is 0.0230 e. The van der Waals surface area contributed by atoms with Crippen molar-refractivity contribution < 1.29 is 0 Å². The molecule has 2 nitrogen and oxygen atoms in total. The second-order valence-electron chi connectivity index (χ2n) is 5.49. The van der Waals surface area contributed by atoms with E-state index in [0.29, 0.717) is 0 Å². The van der Waals surface area contributed by atoms with E-state index in [1.54, 1.807) is 0 Å². The van der Waals surface area contributed by atoms with Crippen LogP contribution in [0.3, 0.4) is 0 Å². The first-order chi connectivity index (χ1) is 9.22. The van der Waals surface area contributed by atoms with E-state index in [-0.39, 0.29) is 0 Å². The Hall–Kier alpha value is -0.860. The van der Waals surface area contributed by atoms with E-state index in [4.69, 9.17) is 0 Å². The Kier molecular flexibility index (Phi) is 8.52. The van der Waals surface area contributed by atoms with Crippen molar-refractivity contribution in [1.29, 1.82) is 0 Å². The monoisotopic (exact) mass is 262 g/mol. The molecule has 0 radical (unpaired) electrons. The lowest BCUT2D eigenvalue weighted by Gasteiger charge is -2.16. The fourth-order valence-corrected chi connectivity index (χ4v) is 2.25. The summed E-state index contributed by atoms with van der Waals surface area (Å²) >= 11 is 0. The van der Waals surface area contributed by atoms with Crippen molar-refractivity contribution in [1.82, 2.24) is 10.2 Å². The van der Waals surface area contributed by atoms with Crippen LogP contribution in [0.4, 0.5) is 0 Å². The normalized spacial score (nSPS) is 11.2. The van der Waals surface area contributed by atoms with Gasteiger partial charge in [0.05, 0.1) is 0 Å². The number of nitrogens with zero attached hydrogens (tertiary/aromatic N) is 1. The third-order valence-corrected chi connectivity index (χ3v) is 3.47. The predicted molar refractivity (Wildman–Crippen MR) is 84.5 cm³/mol. The summed E-state index contributed by atoms with van der Waals surface area (Å²) in [6.45, 7) is 8.85. The van der Waals surface area contributed by atoms with E-state index in [1.807, 2.05) is 0 Å². The molecule has 0 saturated carbocycles. The second-order valence-corrected chi connectivity index (χ2v) is 5.49. The van der Waals surface area contributed by atoms with E-state index < -0.39 is 0 Å². The number of rotatable bonds is 10. The number of hydrogen-bond acceptors (Lipinski definition) is 2. The van der Waals surface area contributed by atoms with Crippen LogP contribution < -0.4 is 5.32 Å². The third-order valence-electron chi connectivity index (χ3n) is 3.47. The molecule has 0 spiro atoms. The zero-order valence-electron chi connectivity index (χ0n) is 12.9. The molecule has 108 valence electrons. The van der Waals surface area contributed by atoms with E-state index in [0.717, 1.165) is 13.1 Å². The van der Waals surface area contributed by atoms with Gasteiger partial charge in [-0.2, -0.15) is 0 Å². The molecule has 1 aromatic rings. The van der Waals surface area contributed by atoms with Crippen LogP contribution in [0, 0.1) is 6.92 Å². The molecule has 19 heavy (non-hydrogen) atoms. The first-order valence-corrected chi connectivity index (χ1v) is 7.67. The molecule has 0 unspecified atom stereocenters. The number of aryl methyl sites for hydroxylation is 1. The fourth-order valence-electron chi connectivity index (χ4n) is 2.25. The lowest BCUT2D eigenvalue weighted by atomic mass is 10.1. The molecule has 0 heterocycles. The van der Waals surface area contributed by atoms with Crippen molar-refractivity contribution >= 4 is 0 Å². The summed E-state index contributed by atoms with van der Waals surface area (Å²) in [6, 6.07) is 8.87. The van der Waals surface area contributed by atoms with Gasteiger partial charge in [-0.1, -0.05) is 49.6 Å². The van der Waals surface area contributed by atoms with Gasteiger partial charge in [0.2, 0.25) is 0 Å². The van der Waals surface area contributed by atoms with Crippen molar-refractivity contribution in [2.45, 2.75) is 46.1 Å². The van der Waals surface area contributed by atoms with Crippen LogP contribution in [0.15, 0.2) is 24.3 Å². The zero-order valence-corrected chi connectivity index (χ0v) is 12.9. The summed E-state index contributed by atoms with van der Waals surface area (Å²) in [5.41, 5.74) is 2.76. The molecule has 2 heteroatoms. The summed E-state index contributed by atoms with van der Waals surface area (Å²) in [7, 11) is 2.22. The van der Waals surface area contributed by atoms with Gasteiger partial charge in [-0.25, -0.2) is 0 Å². The maximum absolute atomic E-state index is 3.37. The third kappa shape index (κ3) is 8.02. The quantitative estimate of drug-likeness (QED) is 0.648. The van der Waals surface area contributed by atoms with E-state index in [1.165, 1.54) is 49.9 Å². The molecule has 0 bridgehead atoms. The van der Waals surface area contributed by atoms with Crippen molar-refractivity contribution in [3.8, 4) is 0 Å². The standard InChI is InChI=1S/C17H30N2/c1-4-18-13-7-5-6-8-14-19(3)15-17-11-9-16(2)10-12-17/h9-12,18H,4-8,13-15H2,1-3H3. The average Bonchev–Trinajstić information content (AvgIpc) is 2.40. The maximum atomic E-state index is 3.37. The molecular formula is C17H30N2. The minimum Gasteiger partial charge on any atom is -0.317 e. The van der Waals surface area contributed by atoms with Gasteiger partial charge in [0.15, 0.2) is 0 Å². The zero-order chi connectivity index (χ0) is 13.9. The lowest BCUT2D eigenvalue weighted by Crippen LogP contribution is -2.19. The molecule has 1 aromatic carbocycles. The Morgan fingerprint density at radius 2 is 1.68 bits per heavy atom. The summed E-state index contributed by atoms with van der Waals surface area (Å²) < 4.78 is 0. The first-order valence-electron chi connectivity index (χ1n) is 7.67. The highest BCUT2D eigenvalue weighted by molar-refractivity contribution is 5.21. The molecule has 0 amide bonds. The van der Waals surface area contributed by atoms with Gasteiger partial charge in [-0.15, -0.1) is 0 Å². The predicted octanol–water partition coefficient (Wildman–Crippen LogP) is 3.60. The summed E-state index contributed by atoms with van der Waals surface area (Å²) in [4.78, 5) is 2.43. The summed E-state index contributed by atoms with van der Waals surface area (Å²) in [5, 5.41) is 3.37. The van der Waals surface area contributed by atoms with Crippen LogP contribution in [-0.4, -0.2) is 31.6 Å². The Morgan fingerprint density at radius 3 is 2.37 bits per heavy atom. The highest BCUT2D eigenvalue weighted by Gasteiger charge is 2.00. The van der Waals surface area contributed by atoms with Crippen LogP contribution in [0.2, 0.25) is 0 Å². The van der Waals surface area contributed by atoms with Crippen LogP contribution >= 0.6 is 0 Å². The topological polar surface area (TPSA) is 15.3 Å². The highest BCUT2D eigenvalue weighted by Crippen LogP contribution is 2.07. The Balaban J connectivity index is 2.04. The molecule has 0 saturated heterocycles. The highest BCUT2D eigenvalue weighted by atomic mass is 15.1. The number of benzene rings is 1. The molecule has 1 rings (SSSR count). The molecular weight excluding hydrogens is 232 g/mol. The second kappa shape index (κ2) is 9.99. The van der Waals surface area contributed by atoms with Gasteiger partial charge < -0.3 is 10.2 Å². The van der Waals surface area contributed by atoms with Gasteiger partial charge in [0.25, 0.3) is 0 Å². The number of nitrogens with one attached hydrogen (secondary N) is 1. The minimum atomic E-state index is 1.07. The minimum absolute atomic E-state index is 1.07. The SMILES string of the molecule is CCNCCCCCCN(C)Cc1ccc(C)cc1. The largest absolute Gasteiger partial charge is 0.317 e. The number of hydrogen-bond donors (Lipinski definition) is 1. The molecule has 0 aliphatic carbocycles. The molecule has 0 fully saturated rings. The van der Waals surface area contributed by atoms with E-state index >= 15 is 0 Å². The average molecular weight is 262 g/mol. The van der Waals surface area contributed by atoms with E-state index in [9.17, 15) is 0 Å². The van der Waals surface area contributed by atoms with Crippen molar-refractivity contribution in [2.24, 2.45) is 0 Å². The molecule has 0 aromatic heterocycles. The van der Waals surface area contributed by atoms with E-state index in [2.05, 4.69) is 55.4 Å². The summed E-state index contributed by atoms with van der Waals surface area (Å²) in [6.07, 6.45) is 5.33. The Bertz CT molecular complexity index is 319. The van der Waals surface area contributed by atoms with Crippen molar-refractivity contribution in [3.63, 3.8) is 0 Å². The Labute approximate surface area is 119 Å². The van der Waals surface area contributed by atoms with Crippen molar-refractivity contribution in [3.05, 3.63) is 35.4 Å². The van der Waals surface area contributed by atoms with Crippen LogP contribution in [-0.2, 0) is 6.54 Å². The van der Waals surface area contributed by atoms with Crippen LogP contribution in [0.5, 0.6) is 0 Å². The Morgan fingerprint density at radius 1 is 1.00 bits per heavy atom. The van der Waals surface area contributed by atoms with Crippen LogP contribution in [0.25, 0.3) is 0 Å². The molecule has 0 atom stereocenters.